The number of hydrogen-bond donors (Lipinski definition) is 1. The van der Waals surface area contributed by atoms with Crippen molar-refractivity contribution in [3.63, 3.8) is 0 Å². The fourth-order valence-corrected chi connectivity index (χ4v) is 3.06. The van der Waals surface area contributed by atoms with Gasteiger partial charge < -0.3 is 14.6 Å². The number of rotatable bonds is 4. The Morgan fingerprint density at radius 1 is 0.966 bits per heavy atom. The van der Waals surface area contributed by atoms with E-state index in [9.17, 15) is 14.0 Å². The summed E-state index contributed by atoms with van der Waals surface area (Å²) in [5.74, 6) is 0.233. The number of hydrogen-bond acceptors (Lipinski definition) is 3. The Bertz CT molecular complexity index is 1250. The van der Waals surface area contributed by atoms with E-state index in [1.807, 2.05) is 30.3 Å². The quantitative estimate of drug-likeness (QED) is 0.550. The fraction of sp³-hybridized carbons (Fsp3) is 0.0435. The number of halogens is 1. The molecule has 144 valence electrons. The van der Waals surface area contributed by atoms with Crippen molar-refractivity contribution in [2.45, 2.75) is 0 Å². The van der Waals surface area contributed by atoms with E-state index in [1.54, 1.807) is 35.9 Å². The molecule has 0 atom stereocenters. The zero-order chi connectivity index (χ0) is 20.4. The number of amides is 1. The van der Waals surface area contributed by atoms with Crippen molar-refractivity contribution in [1.82, 2.24) is 4.57 Å². The third-order valence-electron chi connectivity index (χ3n) is 4.49. The van der Waals surface area contributed by atoms with Crippen molar-refractivity contribution in [3.05, 3.63) is 101 Å². The van der Waals surface area contributed by atoms with Gasteiger partial charge in [-0.2, -0.15) is 0 Å². The lowest BCUT2D eigenvalue weighted by atomic mass is 10.1. The van der Waals surface area contributed by atoms with Crippen LogP contribution in [0, 0.1) is 5.82 Å². The zero-order valence-corrected chi connectivity index (χ0v) is 15.6. The minimum atomic E-state index is -0.562. The van der Waals surface area contributed by atoms with Crippen molar-refractivity contribution in [1.29, 1.82) is 0 Å². The van der Waals surface area contributed by atoms with Crippen LogP contribution >= 0.6 is 0 Å². The molecule has 0 saturated carbocycles. The molecule has 4 rings (SSSR count). The van der Waals surface area contributed by atoms with Gasteiger partial charge in [-0.3, -0.25) is 9.59 Å². The topological polar surface area (TPSA) is 60.3 Å². The molecule has 1 aromatic heterocycles. The van der Waals surface area contributed by atoms with Gasteiger partial charge in [-0.1, -0.05) is 18.2 Å². The van der Waals surface area contributed by atoms with Crippen LogP contribution in [0.1, 0.15) is 10.4 Å². The van der Waals surface area contributed by atoms with Gasteiger partial charge in [0.2, 0.25) is 5.43 Å². The number of benzene rings is 3. The van der Waals surface area contributed by atoms with E-state index >= 15 is 0 Å². The molecule has 1 N–H and O–H groups in total. The predicted molar refractivity (Wildman–Crippen MR) is 110 cm³/mol. The predicted octanol–water partition coefficient (Wildman–Crippen LogP) is 4.72. The van der Waals surface area contributed by atoms with Crippen molar-refractivity contribution in [3.8, 4) is 11.5 Å². The Labute approximate surface area is 166 Å². The molecule has 4 aromatic rings. The van der Waals surface area contributed by atoms with E-state index in [0.29, 0.717) is 22.7 Å². The SMILES string of the molecule is Cn1cc(C(=O)Nc2ccc(Oc3ccccc3)cc2)c(=O)c2cc(F)ccc21. The molecule has 3 aromatic carbocycles. The molecule has 0 aliphatic carbocycles. The molecule has 0 saturated heterocycles. The summed E-state index contributed by atoms with van der Waals surface area (Å²) in [6, 6.07) is 20.1. The Morgan fingerprint density at radius 3 is 2.38 bits per heavy atom. The minimum Gasteiger partial charge on any atom is -0.457 e. The molecule has 29 heavy (non-hydrogen) atoms. The van der Waals surface area contributed by atoms with E-state index in [1.165, 1.54) is 18.3 Å². The highest BCUT2D eigenvalue weighted by atomic mass is 19.1. The van der Waals surface area contributed by atoms with Crippen LogP contribution in [0.4, 0.5) is 10.1 Å². The van der Waals surface area contributed by atoms with Crippen LogP contribution in [0.25, 0.3) is 10.9 Å². The fourth-order valence-electron chi connectivity index (χ4n) is 3.06. The Kier molecular flexibility index (Phi) is 4.83. The first-order valence-electron chi connectivity index (χ1n) is 8.94. The van der Waals surface area contributed by atoms with Gasteiger partial charge in [0.25, 0.3) is 5.91 Å². The molecule has 1 heterocycles. The van der Waals surface area contributed by atoms with Gasteiger partial charge in [0.1, 0.15) is 22.9 Å². The first-order chi connectivity index (χ1) is 14.0. The molecule has 0 spiro atoms. The average Bonchev–Trinajstić information content (AvgIpc) is 2.72. The summed E-state index contributed by atoms with van der Waals surface area (Å²) < 4.78 is 20.9. The summed E-state index contributed by atoms with van der Waals surface area (Å²) in [5.41, 5.74) is 0.488. The van der Waals surface area contributed by atoms with Gasteiger partial charge in [-0.25, -0.2) is 4.39 Å². The first-order valence-corrected chi connectivity index (χ1v) is 8.94. The van der Waals surface area contributed by atoms with Crippen LogP contribution in [-0.2, 0) is 7.05 Å². The third kappa shape index (κ3) is 3.87. The molecule has 0 bridgehead atoms. The van der Waals surface area contributed by atoms with Crippen LogP contribution in [-0.4, -0.2) is 10.5 Å². The molecule has 5 nitrogen and oxygen atoms in total. The summed E-state index contributed by atoms with van der Waals surface area (Å²) in [6.07, 6.45) is 1.45. The van der Waals surface area contributed by atoms with Crippen molar-refractivity contribution >= 4 is 22.5 Å². The lowest BCUT2D eigenvalue weighted by Crippen LogP contribution is -2.23. The van der Waals surface area contributed by atoms with Crippen LogP contribution in [0.15, 0.2) is 83.8 Å². The molecule has 1 amide bonds. The van der Waals surface area contributed by atoms with Crippen LogP contribution in [0.2, 0.25) is 0 Å². The standard InChI is InChI=1S/C23H17FN2O3/c1-26-14-20(22(27)19-13-15(24)7-12-21(19)26)23(28)25-16-8-10-18(11-9-16)29-17-5-3-2-4-6-17/h2-14H,1H3,(H,25,28). The summed E-state index contributed by atoms with van der Waals surface area (Å²) in [6.45, 7) is 0. The van der Waals surface area contributed by atoms with Crippen LogP contribution < -0.4 is 15.5 Å². The Hall–Kier alpha value is -3.93. The van der Waals surface area contributed by atoms with Gasteiger partial charge in [0.05, 0.1) is 5.52 Å². The normalized spacial score (nSPS) is 10.7. The van der Waals surface area contributed by atoms with Gasteiger partial charge in [-0.15, -0.1) is 0 Å². The highest BCUT2D eigenvalue weighted by Crippen LogP contribution is 2.23. The largest absolute Gasteiger partial charge is 0.457 e. The maximum atomic E-state index is 13.6. The van der Waals surface area contributed by atoms with Crippen LogP contribution in [0.5, 0.6) is 11.5 Å². The van der Waals surface area contributed by atoms with E-state index in [-0.39, 0.29) is 10.9 Å². The number of carbonyl (C=O) groups is 1. The Balaban J connectivity index is 1.56. The number of nitrogens with zero attached hydrogens (tertiary/aromatic N) is 1. The van der Waals surface area contributed by atoms with Gasteiger partial charge in [0.15, 0.2) is 0 Å². The number of carbonyl (C=O) groups excluding carboxylic acids is 1. The second kappa shape index (κ2) is 7.59. The maximum absolute atomic E-state index is 13.6. The Morgan fingerprint density at radius 2 is 1.66 bits per heavy atom. The number of aryl methyl sites for hydroxylation is 1. The summed E-state index contributed by atoms with van der Waals surface area (Å²) in [4.78, 5) is 25.3. The number of anilines is 1. The van der Waals surface area contributed by atoms with Crippen molar-refractivity contribution < 1.29 is 13.9 Å². The number of ether oxygens (including phenoxy) is 1. The second-order valence-corrected chi connectivity index (χ2v) is 6.54. The van der Waals surface area contributed by atoms with Crippen molar-refractivity contribution in [2.75, 3.05) is 5.32 Å². The highest BCUT2D eigenvalue weighted by molar-refractivity contribution is 6.05. The molecular formula is C23H17FN2O3. The average molecular weight is 388 g/mol. The number of nitrogens with one attached hydrogen (secondary N) is 1. The monoisotopic (exact) mass is 388 g/mol. The molecular weight excluding hydrogens is 371 g/mol. The lowest BCUT2D eigenvalue weighted by molar-refractivity contribution is 0.102. The van der Waals surface area contributed by atoms with E-state index in [4.69, 9.17) is 4.74 Å². The number of aromatic nitrogens is 1. The van der Waals surface area contributed by atoms with E-state index in [2.05, 4.69) is 5.32 Å². The number of fused-ring (bicyclic) bond motifs is 1. The van der Waals surface area contributed by atoms with Gasteiger partial charge in [0, 0.05) is 24.3 Å². The molecule has 0 aliphatic rings. The van der Waals surface area contributed by atoms with Crippen LogP contribution in [0.3, 0.4) is 0 Å². The highest BCUT2D eigenvalue weighted by Gasteiger charge is 2.15. The number of pyridine rings is 1. The lowest BCUT2D eigenvalue weighted by Gasteiger charge is -2.10. The zero-order valence-electron chi connectivity index (χ0n) is 15.6. The molecule has 6 heteroatoms. The molecule has 0 aliphatic heterocycles. The summed E-state index contributed by atoms with van der Waals surface area (Å²) >= 11 is 0. The van der Waals surface area contributed by atoms with Gasteiger partial charge in [-0.05, 0) is 54.6 Å². The second-order valence-electron chi connectivity index (χ2n) is 6.54. The van der Waals surface area contributed by atoms with E-state index < -0.39 is 17.2 Å². The molecule has 0 unspecified atom stereocenters. The third-order valence-corrected chi connectivity index (χ3v) is 4.49. The number of para-hydroxylation sites is 1. The summed E-state index contributed by atoms with van der Waals surface area (Å²) in [5, 5.41) is 2.85. The maximum Gasteiger partial charge on any atom is 0.261 e. The molecule has 0 radical (unpaired) electrons. The van der Waals surface area contributed by atoms with Gasteiger partial charge >= 0.3 is 0 Å². The smallest absolute Gasteiger partial charge is 0.261 e. The van der Waals surface area contributed by atoms with E-state index in [0.717, 1.165) is 6.07 Å². The molecule has 0 fully saturated rings. The minimum absolute atomic E-state index is 0.0600. The first kappa shape index (κ1) is 18.4. The summed E-state index contributed by atoms with van der Waals surface area (Å²) in [7, 11) is 1.70. The van der Waals surface area contributed by atoms with Crippen molar-refractivity contribution in [2.24, 2.45) is 7.05 Å².